The van der Waals surface area contributed by atoms with E-state index < -0.39 is 15.9 Å². The molecule has 1 aromatic carbocycles. The monoisotopic (exact) mass is 299 g/mol. The van der Waals surface area contributed by atoms with Gasteiger partial charge in [-0.25, -0.2) is 0 Å². The molecule has 1 aromatic rings. The number of carbonyl (C=O) groups is 1. The summed E-state index contributed by atoms with van der Waals surface area (Å²) in [5.74, 6) is -0.196. The molecule has 0 heterocycles. The Morgan fingerprint density at radius 3 is 2.68 bits per heavy atom. The van der Waals surface area contributed by atoms with Gasteiger partial charge in [-0.05, 0) is 24.5 Å². The first-order valence-corrected chi connectivity index (χ1v) is 7.05. The van der Waals surface area contributed by atoms with Crippen molar-refractivity contribution in [3.63, 3.8) is 0 Å². The van der Waals surface area contributed by atoms with E-state index in [9.17, 15) is 9.90 Å². The average Bonchev–Trinajstić information content (AvgIpc) is 2.72. The Balaban J connectivity index is 1.80. The standard InChI is InChI=1S/C14H15Cl2NO2/c1-13(7-14(13,15)16)12(19)17-11-9-5-3-2-4-8(9)6-10(11)18/h2-5,10-11,18H,6-7H2,1H3,(H,17,19)/t10-,11-,13-/m1/s1. The molecule has 0 bridgehead atoms. The fourth-order valence-electron chi connectivity index (χ4n) is 2.69. The van der Waals surface area contributed by atoms with Gasteiger partial charge < -0.3 is 10.4 Å². The number of fused-ring (bicyclic) bond motifs is 1. The number of halogens is 2. The normalized spacial score (nSPS) is 34.7. The maximum atomic E-state index is 12.3. The first-order valence-electron chi connectivity index (χ1n) is 6.30. The van der Waals surface area contributed by atoms with Gasteiger partial charge in [0.05, 0.1) is 17.6 Å². The molecule has 0 aromatic heterocycles. The minimum Gasteiger partial charge on any atom is -0.390 e. The molecule has 0 aliphatic heterocycles. The van der Waals surface area contributed by atoms with Crippen molar-refractivity contribution in [3.8, 4) is 0 Å². The molecule has 3 atom stereocenters. The number of alkyl halides is 2. The molecule has 0 radical (unpaired) electrons. The molecule has 0 saturated heterocycles. The van der Waals surface area contributed by atoms with Gasteiger partial charge >= 0.3 is 0 Å². The Kier molecular flexibility index (Phi) is 2.86. The minimum atomic E-state index is -0.986. The second kappa shape index (κ2) is 4.11. The lowest BCUT2D eigenvalue weighted by molar-refractivity contribution is -0.127. The summed E-state index contributed by atoms with van der Waals surface area (Å²) < 4.78 is -0.986. The van der Waals surface area contributed by atoms with Crippen molar-refractivity contribution < 1.29 is 9.90 Å². The highest BCUT2D eigenvalue weighted by Crippen LogP contribution is 2.64. The van der Waals surface area contributed by atoms with Crippen LogP contribution >= 0.6 is 23.2 Å². The lowest BCUT2D eigenvalue weighted by atomic mass is 10.0. The van der Waals surface area contributed by atoms with Gasteiger partial charge in [-0.2, -0.15) is 0 Å². The Morgan fingerprint density at radius 2 is 2.05 bits per heavy atom. The number of hydrogen-bond donors (Lipinski definition) is 2. The van der Waals surface area contributed by atoms with Gasteiger partial charge in [0, 0.05) is 6.42 Å². The molecule has 2 N–H and O–H groups in total. The second-order valence-electron chi connectivity index (χ2n) is 5.63. The van der Waals surface area contributed by atoms with E-state index in [1.54, 1.807) is 6.92 Å². The van der Waals surface area contributed by atoms with Crippen LogP contribution in [0.4, 0.5) is 0 Å². The van der Waals surface area contributed by atoms with Crippen LogP contribution in [-0.4, -0.2) is 21.5 Å². The van der Waals surface area contributed by atoms with Crippen LogP contribution in [0.25, 0.3) is 0 Å². The van der Waals surface area contributed by atoms with Crippen LogP contribution in [0.15, 0.2) is 24.3 Å². The van der Waals surface area contributed by atoms with E-state index >= 15 is 0 Å². The molecule has 0 unspecified atom stereocenters. The van der Waals surface area contributed by atoms with Crippen molar-refractivity contribution in [1.82, 2.24) is 5.32 Å². The zero-order chi connectivity index (χ0) is 13.8. The molecule has 2 aliphatic carbocycles. The van der Waals surface area contributed by atoms with E-state index in [1.165, 1.54) is 0 Å². The van der Waals surface area contributed by atoms with Crippen LogP contribution in [-0.2, 0) is 11.2 Å². The highest BCUT2D eigenvalue weighted by Gasteiger charge is 2.68. The molecule has 2 aliphatic rings. The van der Waals surface area contributed by atoms with Crippen LogP contribution in [0.5, 0.6) is 0 Å². The predicted molar refractivity (Wildman–Crippen MR) is 74.2 cm³/mol. The number of nitrogens with one attached hydrogen (secondary N) is 1. The number of rotatable bonds is 2. The van der Waals surface area contributed by atoms with Crippen molar-refractivity contribution in [2.24, 2.45) is 5.41 Å². The summed E-state index contributed by atoms with van der Waals surface area (Å²) in [4.78, 5) is 12.3. The van der Waals surface area contributed by atoms with Crippen LogP contribution in [0.1, 0.15) is 30.5 Å². The van der Waals surface area contributed by atoms with E-state index in [0.29, 0.717) is 12.8 Å². The first-order chi connectivity index (χ1) is 8.85. The predicted octanol–water partition coefficient (Wildman–Crippen LogP) is 2.34. The van der Waals surface area contributed by atoms with E-state index in [0.717, 1.165) is 11.1 Å². The Labute approximate surface area is 121 Å². The SMILES string of the molecule is C[C@]1(C(=O)N[C@@H]2c3ccccc3C[C@H]2O)CC1(Cl)Cl. The largest absolute Gasteiger partial charge is 0.390 e. The third kappa shape index (κ3) is 1.95. The zero-order valence-electron chi connectivity index (χ0n) is 10.5. The van der Waals surface area contributed by atoms with E-state index in [2.05, 4.69) is 5.32 Å². The van der Waals surface area contributed by atoms with Gasteiger partial charge in [0.2, 0.25) is 5.91 Å². The molecule has 3 rings (SSSR count). The molecular formula is C14H15Cl2NO2. The highest BCUT2D eigenvalue weighted by atomic mass is 35.5. The van der Waals surface area contributed by atoms with Crippen molar-refractivity contribution in [2.75, 3.05) is 0 Å². The number of aliphatic hydroxyl groups is 1. The summed E-state index contributed by atoms with van der Waals surface area (Å²) in [6, 6.07) is 7.37. The van der Waals surface area contributed by atoms with Crippen molar-refractivity contribution in [2.45, 2.75) is 36.2 Å². The fourth-order valence-corrected chi connectivity index (χ4v) is 3.40. The number of benzene rings is 1. The van der Waals surface area contributed by atoms with Gasteiger partial charge in [-0.1, -0.05) is 24.3 Å². The van der Waals surface area contributed by atoms with E-state index in [-0.39, 0.29) is 11.9 Å². The molecule has 102 valence electrons. The number of aliphatic hydroxyl groups excluding tert-OH is 1. The quantitative estimate of drug-likeness (QED) is 0.824. The molecule has 19 heavy (non-hydrogen) atoms. The summed E-state index contributed by atoms with van der Waals surface area (Å²) in [7, 11) is 0. The van der Waals surface area contributed by atoms with Crippen LogP contribution in [0.2, 0.25) is 0 Å². The minimum absolute atomic E-state index is 0.196. The van der Waals surface area contributed by atoms with Crippen LogP contribution < -0.4 is 5.32 Å². The van der Waals surface area contributed by atoms with Gasteiger partial charge in [-0.3, -0.25) is 4.79 Å². The molecule has 1 fully saturated rings. The van der Waals surface area contributed by atoms with Crippen molar-refractivity contribution in [3.05, 3.63) is 35.4 Å². The van der Waals surface area contributed by atoms with Gasteiger partial charge in [0.1, 0.15) is 4.33 Å². The third-order valence-corrected chi connectivity index (χ3v) is 5.35. The highest BCUT2D eigenvalue weighted by molar-refractivity contribution is 6.53. The molecule has 1 saturated carbocycles. The summed E-state index contributed by atoms with van der Waals surface area (Å²) >= 11 is 12.0. The smallest absolute Gasteiger partial charge is 0.229 e. The fraction of sp³-hybridized carbons (Fsp3) is 0.500. The number of carbonyl (C=O) groups excluding carboxylic acids is 1. The van der Waals surface area contributed by atoms with Gasteiger partial charge in [0.15, 0.2) is 0 Å². The molecular weight excluding hydrogens is 285 g/mol. The Hall–Kier alpha value is -0.770. The summed E-state index contributed by atoms with van der Waals surface area (Å²) in [5, 5.41) is 13.0. The van der Waals surface area contributed by atoms with Crippen molar-refractivity contribution >= 4 is 29.1 Å². The molecule has 3 nitrogen and oxygen atoms in total. The summed E-state index contributed by atoms with van der Waals surface area (Å²) in [6.07, 6.45) is 0.410. The number of amides is 1. The topological polar surface area (TPSA) is 49.3 Å². The van der Waals surface area contributed by atoms with E-state index in [1.807, 2.05) is 24.3 Å². The maximum absolute atomic E-state index is 12.3. The third-order valence-electron chi connectivity index (χ3n) is 4.25. The maximum Gasteiger partial charge on any atom is 0.229 e. The molecule has 5 heteroatoms. The van der Waals surface area contributed by atoms with Crippen LogP contribution in [0, 0.1) is 5.41 Å². The molecule has 0 spiro atoms. The van der Waals surface area contributed by atoms with Crippen molar-refractivity contribution in [1.29, 1.82) is 0 Å². The lowest BCUT2D eigenvalue weighted by Crippen LogP contribution is -2.39. The molecule has 1 amide bonds. The Morgan fingerprint density at radius 1 is 1.42 bits per heavy atom. The van der Waals surface area contributed by atoms with Gasteiger partial charge in [0.25, 0.3) is 0 Å². The Bertz CT molecular complexity index is 546. The van der Waals surface area contributed by atoms with Crippen LogP contribution in [0.3, 0.4) is 0 Å². The zero-order valence-corrected chi connectivity index (χ0v) is 12.0. The number of hydrogen-bond acceptors (Lipinski definition) is 2. The lowest BCUT2D eigenvalue weighted by Gasteiger charge is -2.21. The average molecular weight is 300 g/mol. The summed E-state index contributed by atoms with van der Waals surface area (Å²) in [5.41, 5.74) is 1.29. The van der Waals surface area contributed by atoms with Gasteiger partial charge in [-0.15, -0.1) is 23.2 Å². The second-order valence-corrected chi connectivity index (χ2v) is 7.12. The summed E-state index contributed by atoms with van der Waals surface area (Å²) in [6.45, 7) is 1.75. The van der Waals surface area contributed by atoms with E-state index in [4.69, 9.17) is 23.2 Å². The first kappa shape index (κ1) is 13.2.